The molecular formula is C22H19N3O4S2. The number of hydrogen-bond acceptors (Lipinski definition) is 7. The molecule has 0 aliphatic carbocycles. The number of likely N-dealkylation sites (N-methyl/N-ethyl adjacent to an activating group) is 1. The number of amides is 1. The van der Waals surface area contributed by atoms with E-state index in [1.807, 2.05) is 47.2 Å². The molecule has 1 amide bonds. The molecule has 9 heteroatoms. The van der Waals surface area contributed by atoms with Crippen LogP contribution in [-0.4, -0.2) is 46.7 Å². The molecule has 3 aromatic heterocycles. The zero-order valence-corrected chi connectivity index (χ0v) is 18.3. The van der Waals surface area contributed by atoms with Crippen LogP contribution in [-0.2, 0) is 11.3 Å². The number of fused-ring (bicyclic) bond motifs is 2. The average molecular weight is 454 g/mol. The van der Waals surface area contributed by atoms with Crippen molar-refractivity contribution in [3.63, 3.8) is 0 Å². The monoisotopic (exact) mass is 453 g/mol. The minimum absolute atomic E-state index is 0.0812. The van der Waals surface area contributed by atoms with E-state index in [2.05, 4.69) is 4.98 Å². The van der Waals surface area contributed by atoms with Gasteiger partial charge >= 0.3 is 0 Å². The van der Waals surface area contributed by atoms with E-state index in [-0.39, 0.29) is 24.1 Å². The topological polar surface area (TPSA) is 73.7 Å². The molecular weight excluding hydrogens is 434 g/mol. The number of thiophene rings is 2. The van der Waals surface area contributed by atoms with Crippen molar-refractivity contribution in [3.05, 3.63) is 63.8 Å². The maximum Gasteiger partial charge on any atom is 0.263 e. The Kier molecular flexibility index (Phi) is 5.21. The number of carbonyl (C=O) groups excluding carboxylic acids is 1. The summed E-state index contributed by atoms with van der Waals surface area (Å²) in [6, 6.07) is 11.4. The Labute approximate surface area is 186 Å². The van der Waals surface area contributed by atoms with E-state index in [0.29, 0.717) is 34.9 Å². The Morgan fingerprint density at radius 3 is 2.87 bits per heavy atom. The largest absolute Gasteiger partial charge is 0.486 e. The quantitative estimate of drug-likeness (QED) is 0.463. The van der Waals surface area contributed by atoms with Crippen molar-refractivity contribution in [1.29, 1.82) is 0 Å². The second kappa shape index (κ2) is 8.16. The van der Waals surface area contributed by atoms with Crippen molar-refractivity contribution in [1.82, 2.24) is 14.5 Å². The van der Waals surface area contributed by atoms with Gasteiger partial charge in [0.05, 0.1) is 18.3 Å². The third-order valence-electron chi connectivity index (χ3n) is 5.12. The zero-order valence-electron chi connectivity index (χ0n) is 16.7. The number of para-hydroxylation sites is 2. The lowest BCUT2D eigenvalue weighted by atomic mass is 10.2. The second-order valence-corrected chi connectivity index (χ2v) is 9.06. The van der Waals surface area contributed by atoms with Gasteiger partial charge in [0, 0.05) is 22.9 Å². The van der Waals surface area contributed by atoms with E-state index < -0.39 is 0 Å². The molecule has 5 rings (SSSR count). The van der Waals surface area contributed by atoms with Gasteiger partial charge in [-0.15, -0.1) is 22.7 Å². The zero-order chi connectivity index (χ0) is 21.4. The summed E-state index contributed by atoms with van der Waals surface area (Å²) >= 11 is 3.01. The number of nitrogens with zero attached hydrogens (tertiary/aromatic N) is 3. The Morgan fingerprint density at radius 2 is 2.06 bits per heavy atom. The first kappa shape index (κ1) is 19.8. The molecule has 0 saturated carbocycles. The molecule has 4 heterocycles. The predicted octanol–water partition coefficient (Wildman–Crippen LogP) is 3.48. The van der Waals surface area contributed by atoms with Crippen LogP contribution >= 0.6 is 22.7 Å². The molecule has 1 aromatic carbocycles. The first-order chi connectivity index (χ1) is 15.1. The van der Waals surface area contributed by atoms with E-state index in [0.717, 1.165) is 10.4 Å². The van der Waals surface area contributed by atoms with Crippen LogP contribution in [0.2, 0.25) is 0 Å². The van der Waals surface area contributed by atoms with Crippen molar-refractivity contribution in [2.24, 2.45) is 0 Å². The fourth-order valence-electron chi connectivity index (χ4n) is 3.52. The number of rotatable bonds is 5. The molecule has 1 aliphatic heterocycles. The van der Waals surface area contributed by atoms with Gasteiger partial charge in [0.1, 0.15) is 18.0 Å². The summed E-state index contributed by atoms with van der Waals surface area (Å²) in [5.41, 5.74) is 0.664. The molecule has 0 radical (unpaired) electrons. The summed E-state index contributed by atoms with van der Waals surface area (Å²) in [7, 11) is 1.70. The molecule has 0 N–H and O–H groups in total. The van der Waals surface area contributed by atoms with E-state index >= 15 is 0 Å². The van der Waals surface area contributed by atoms with Gasteiger partial charge in [0.15, 0.2) is 17.6 Å². The highest BCUT2D eigenvalue weighted by Crippen LogP contribution is 2.33. The highest BCUT2D eigenvalue weighted by molar-refractivity contribution is 7.18. The third kappa shape index (κ3) is 3.82. The van der Waals surface area contributed by atoms with Crippen LogP contribution in [0, 0.1) is 0 Å². The molecule has 0 spiro atoms. The lowest BCUT2D eigenvalue weighted by molar-refractivity contribution is -0.132. The smallest absolute Gasteiger partial charge is 0.263 e. The minimum atomic E-state index is -0.275. The number of hydrogen-bond donors (Lipinski definition) is 0. The summed E-state index contributed by atoms with van der Waals surface area (Å²) in [6.07, 6.45) is 1.17. The van der Waals surface area contributed by atoms with Gasteiger partial charge in [0.2, 0.25) is 5.91 Å². The maximum atomic E-state index is 13.1. The van der Waals surface area contributed by atoms with Crippen LogP contribution in [0.1, 0.15) is 0 Å². The van der Waals surface area contributed by atoms with E-state index in [1.165, 1.54) is 22.2 Å². The number of aromatic nitrogens is 2. The van der Waals surface area contributed by atoms with Crippen molar-refractivity contribution < 1.29 is 14.3 Å². The van der Waals surface area contributed by atoms with Gasteiger partial charge in [-0.25, -0.2) is 4.98 Å². The fourth-order valence-corrected chi connectivity index (χ4v) is 5.24. The molecule has 158 valence electrons. The molecule has 1 atom stereocenters. The highest BCUT2D eigenvalue weighted by atomic mass is 32.1. The predicted molar refractivity (Wildman–Crippen MR) is 121 cm³/mol. The summed E-state index contributed by atoms with van der Waals surface area (Å²) < 4.78 is 13.0. The van der Waals surface area contributed by atoms with Crippen molar-refractivity contribution >= 4 is 38.8 Å². The van der Waals surface area contributed by atoms with Gasteiger partial charge < -0.3 is 14.4 Å². The number of benzene rings is 1. The second-order valence-electron chi connectivity index (χ2n) is 7.26. The molecule has 0 bridgehead atoms. The van der Waals surface area contributed by atoms with Crippen molar-refractivity contribution in [3.8, 4) is 21.9 Å². The van der Waals surface area contributed by atoms with Crippen molar-refractivity contribution in [2.75, 3.05) is 20.2 Å². The number of ether oxygens (including phenoxy) is 2. The molecule has 0 saturated heterocycles. The number of carbonyl (C=O) groups is 1. The van der Waals surface area contributed by atoms with Crippen LogP contribution < -0.4 is 15.0 Å². The average Bonchev–Trinajstić information content (AvgIpc) is 3.45. The molecule has 1 unspecified atom stereocenters. The van der Waals surface area contributed by atoms with Crippen LogP contribution in [0.4, 0.5) is 0 Å². The molecule has 7 nitrogen and oxygen atoms in total. The molecule has 0 fully saturated rings. The summed E-state index contributed by atoms with van der Waals surface area (Å²) in [5, 5.41) is 4.48. The third-order valence-corrected chi connectivity index (χ3v) is 6.91. The Balaban J connectivity index is 1.32. The van der Waals surface area contributed by atoms with E-state index in [4.69, 9.17) is 9.47 Å². The summed E-state index contributed by atoms with van der Waals surface area (Å²) in [6.45, 7) is 0.639. The minimum Gasteiger partial charge on any atom is -0.486 e. The first-order valence-corrected chi connectivity index (χ1v) is 11.5. The van der Waals surface area contributed by atoms with Crippen molar-refractivity contribution in [2.45, 2.75) is 12.6 Å². The van der Waals surface area contributed by atoms with Gasteiger partial charge in [-0.05, 0) is 23.6 Å². The molecule has 31 heavy (non-hydrogen) atoms. The van der Waals surface area contributed by atoms with Crippen LogP contribution in [0.5, 0.6) is 11.5 Å². The van der Waals surface area contributed by atoms with Crippen LogP contribution in [0.15, 0.2) is 58.3 Å². The van der Waals surface area contributed by atoms with Crippen LogP contribution in [0.3, 0.4) is 0 Å². The van der Waals surface area contributed by atoms with E-state index in [9.17, 15) is 9.59 Å². The Bertz CT molecular complexity index is 1300. The normalized spacial score (nSPS) is 15.2. The fraction of sp³-hybridized carbons (Fsp3) is 0.227. The Hall–Kier alpha value is -3.17. The summed E-state index contributed by atoms with van der Waals surface area (Å²) in [5.74, 6) is 1.18. The first-order valence-electron chi connectivity index (χ1n) is 9.73. The Morgan fingerprint density at radius 1 is 1.23 bits per heavy atom. The van der Waals surface area contributed by atoms with E-state index in [1.54, 1.807) is 23.3 Å². The summed E-state index contributed by atoms with van der Waals surface area (Å²) in [4.78, 5) is 33.6. The van der Waals surface area contributed by atoms with Crippen LogP contribution in [0.25, 0.3) is 20.7 Å². The highest BCUT2D eigenvalue weighted by Gasteiger charge is 2.24. The molecule has 1 aliphatic rings. The molecule has 4 aromatic rings. The van der Waals surface area contributed by atoms with Gasteiger partial charge in [-0.3, -0.25) is 14.2 Å². The van der Waals surface area contributed by atoms with Gasteiger partial charge in [-0.2, -0.15) is 0 Å². The van der Waals surface area contributed by atoms with Gasteiger partial charge in [0.25, 0.3) is 5.56 Å². The lowest BCUT2D eigenvalue weighted by Crippen LogP contribution is -2.43. The SMILES string of the molecule is CN(CC1COc2ccccc2O1)C(=O)Cn1cnc2scc(-c3cccs3)c2c1=O. The van der Waals surface area contributed by atoms with Gasteiger partial charge in [-0.1, -0.05) is 18.2 Å². The standard InChI is InChI=1S/C22H19N3O4S2/c1-24(9-14-11-28-16-5-2-3-6-17(16)29-14)19(26)10-25-13-23-21-20(22(25)27)15(12-31-21)18-7-4-8-30-18/h2-8,12-14H,9-11H2,1H3. The lowest BCUT2D eigenvalue weighted by Gasteiger charge is -2.29. The maximum absolute atomic E-state index is 13.1.